The summed E-state index contributed by atoms with van der Waals surface area (Å²) in [6.07, 6.45) is 2.50. The van der Waals surface area contributed by atoms with Gasteiger partial charge in [0.15, 0.2) is 5.78 Å². The Labute approximate surface area is 132 Å². The van der Waals surface area contributed by atoms with E-state index in [1.54, 1.807) is 13.0 Å². The van der Waals surface area contributed by atoms with Crippen molar-refractivity contribution in [2.75, 3.05) is 11.9 Å². The minimum absolute atomic E-state index is 0.0863. The lowest BCUT2D eigenvalue weighted by molar-refractivity contribution is -0.114. The van der Waals surface area contributed by atoms with Crippen LogP contribution in [0.1, 0.15) is 31.5 Å². The molecule has 6 nitrogen and oxygen atoms in total. The van der Waals surface area contributed by atoms with Crippen LogP contribution < -0.4 is 4.90 Å². The second-order valence-corrected chi connectivity index (χ2v) is 6.02. The molecular weight excluding hydrogens is 300 g/mol. The number of nitrogens with zero attached hydrogens (tertiary/aromatic N) is 4. The third-order valence-corrected chi connectivity index (χ3v) is 4.83. The van der Waals surface area contributed by atoms with Gasteiger partial charge >= 0.3 is 0 Å². The lowest BCUT2D eigenvalue weighted by Crippen LogP contribution is -2.11. The van der Waals surface area contributed by atoms with Gasteiger partial charge in [0, 0.05) is 26.0 Å². The number of fused-ring (bicyclic) bond motifs is 3. The highest BCUT2D eigenvalue weighted by Gasteiger charge is 2.27. The van der Waals surface area contributed by atoms with Crippen LogP contribution in [0, 0.1) is 0 Å². The number of allylic oxidation sites excluding steroid dienone is 1. The monoisotopic (exact) mass is 316 g/mol. The Morgan fingerprint density at radius 1 is 1.27 bits per heavy atom. The zero-order valence-electron chi connectivity index (χ0n) is 12.7. The second-order valence-electron chi connectivity index (χ2n) is 4.99. The van der Waals surface area contributed by atoms with Gasteiger partial charge in [0.2, 0.25) is 5.91 Å². The van der Waals surface area contributed by atoms with Crippen LogP contribution in [0.3, 0.4) is 0 Å². The molecule has 0 N–H and O–H groups in total. The fourth-order valence-electron chi connectivity index (χ4n) is 2.31. The van der Waals surface area contributed by atoms with Gasteiger partial charge in [-0.2, -0.15) is 4.68 Å². The molecule has 0 aliphatic carbocycles. The molecule has 0 atom stereocenters. The van der Waals surface area contributed by atoms with E-state index in [4.69, 9.17) is 0 Å². The first kappa shape index (κ1) is 14.8. The number of anilines is 1. The number of thioether (sulfide) groups is 1. The number of rotatable bonds is 3. The third kappa shape index (κ3) is 2.21. The molecule has 2 aromatic rings. The summed E-state index contributed by atoms with van der Waals surface area (Å²) in [6, 6.07) is 3.79. The minimum atomic E-state index is -0.0873. The summed E-state index contributed by atoms with van der Waals surface area (Å²) in [5, 5.41) is 9.00. The minimum Gasteiger partial charge on any atom is -0.338 e. The quantitative estimate of drug-likeness (QED) is 0.811. The van der Waals surface area contributed by atoms with E-state index in [1.165, 1.54) is 16.4 Å². The lowest BCUT2D eigenvalue weighted by Gasteiger charge is -2.12. The lowest BCUT2D eigenvalue weighted by atomic mass is 10.2. The third-order valence-electron chi connectivity index (χ3n) is 3.62. The number of benzene rings is 1. The van der Waals surface area contributed by atoms with Gasteiger partial charge in [-0.1, -0.05) is 30.8 Å². The summed E-state index contributed by atoms with van der Waals surface area (Å²) < 4.78 is 1.34. The van der Waals surface area contributed by atoms with E-state index < -0.39 is 0 Å². The van der Waals surface area contributed by atoms with Crippen LogP contribution in [-0.2, 0) is 4.79 Å². The van der Waals surface area contributed by atoms with E-state index in [9.17, 15) is 9.59 Å². The molecule has 0 radical (unpaired) electrons. The number of hydrogen-bond donors (Lipinski definition) is 0. The van der Waals surface area contributed by atoms with Gasteiger partial charge in [-0.15, -0.1) is 5.10 Å². The maximum Gasteiger partial charge on any atom is 0.248 e. The molecule has 114 valence electrons. The maximum absolute atomic E-state index is 11.9. The van der Waals surface area contributed by atoms with Crippen LogP contribution in [0.25, 0.3) is 11.0 Å². The Balaban J connectivity index is 2.10. The first-order valence-corrected chi connectivity index (χ1v) is 7.96. The second kappa shape index (κ2) is 5.57. The summed E-state index contributed by atoms with van der Waals surface area (Å²) in [6.45, 7) is 3.63. The van der Waals surface area contributed by atoms with Crippen molar-refractivity contribution in [2.45, 2.75) is 31.6 Å². The molecule has 2 heterocycles. The molecule has 0 amide bonds. The van der Waals surface area contributed by atoms with Gasteiger partial charge in [-0.25, -0.2) is 0 Å². The summed E-state index contributed by atoms with van der Waals surface area (Å²) in [4.78, 5) is 26.5. The molecule has 0 unspecified atom stereocenters. The fraction of sp³-hybridized carbons (Fsp3) is 0.333. The number of carbonyl (C=O) groups is 2. The zero-order valence-corrected chi connectivity index (χ0v) is 13.5. The Morgan fingerprint density at radius 2 is 2.05 bits per heavy atom. The molecule has 7 heteroatoms. The van der Waals surface area contributed by atoms with Crippen LogP contribution in [0.2, 0.25) is 0 Å². The molecule has 0 spiro atoms. The predicted octanol–water partition coefficient (Wildman–Crippen LogP) is 2.84. The largest absolute Gasteiger partial charge is 0.338 e. The standard InChI is InChI=1S/C15H16N4O2S/c1-4-9(20)8-13-18(3)11-7-6-10-14(15(11)22-13)16-17-19(10)12(21)5-2/h6-8H,4-5H2,1-3H3/b13-8+. The first-order valence-electron chi connectivity index (χ1n) is 7.14. The van der Waals surface area contributed by atoms with Crippen molar-refractivity contribution in [1.29, 1.82) is 0 Å². The highest BCUT2D eigenvalue weighted by molar-refractivity contribution is 8.04. The smallest absolute Gasteiger partial charge is 0.248 e. The van der Waals surface area contributed by atoms with Crippen molar-refractivity contribution in [3.63, 3.8) is 0 Å². The highest BCUT2D eigenvalue weighted by Crippen LogP contribution is 2.47. The average Bonchev–Trinajstić information content (AvgIpc) is 3.08. The molecule has 0 bridgehead atoms. The van der Waals surface area contributed by atoms with Crippen LogP contribution >= 0.6 is 11.8 Å². The fourth-order valence-corrected chi connectivity index (χ4v) is 3.50. The van der Waals surface area contributed by atoms with Crippen molar-refractivity contribution < 1.29 is 9.59 Å². The molecular formula is C15H16N4O2S. The van der Waals surface area contributed by atoms with Gasteiger partial charge in [0.1, 0.15) is 5.52 Å². The summed E-state index contributed by atoms with van der Waals surface area (Å²) in [5.41, 5.74) is 2.38. The number of carbonyl (C=O) groups excluding carboxylic acids is 2. The number of ketones is 1. The normalized spacial score (nSPS) is 15.6. The Kier molecular flexibility index (Phi) is 3.74. The Hall–Kier alpha value is -2.15. The van der Waals surface area contributed by atoms with Crippen molar-refractivity contribution in [2.24, 2.45) is 0 Å². The van der Waals surface area contributed by atoms with Crippen LogP contribution in [0.4, 0.5) is 5.69 Å². The van der Waals surface area contributed by atoms with Crippen LogP contribution in [-0.4, -0.2) is 33.7 Å². The predicted molar refractivity (Wildman–Crippen MR) is 86.1 cm³/mol. The van der Waals surface area contributed by atoms with E-state index in [-0.39, 0.29) is 11.7 Å². The molecule has 1 aliphatic heterocycles. The molecule has 0 saturated carbocycles. The Morgan fingerprint density at radius 3 is 2.73 bits per heavy atom. The summed E-state index contributed by atoms with van der Waals surface area (Å²) >= 11 is 1.49. The maximum atomic E-state index is 11.9. The summed E-state index contributed by atoms with van der Waals surface area (Å²) in [7, 11) is 1.92. The molecule has 22 heavy (non-hydrogen) atoms. The Bertz CT molecular complexity index is 809. The molecule has 0 saturated heterocycles. The number of hydrogen-bond acceptors (Lipinski definition) is 6. The van der Waals surface area contributed by atoms with Gasteiger partial charge in [0.25, 0.3) is 0 Å². The van der Waals surface area contributed by atoms with E-state index in [1.807, 2.05) is 31.0 Å². The number of aromatic nitrogens is 3. The molecule has 3 rings (SSSR count). The molecule has 1 aliphatic rings. The van der Waals surface area contributed by atoms with E-state index in [0.717, 1.165) is 15.6 Å². The molecule has 1 aromatic carbocycles. The zero-order chi connectivity index (χ0) is 15.9. The van der Waals surface area contributed by atoms with Crippen molar-refractivity contribution >= 4 is 40.2 Å². The van der Waals surface area contributed by atoms with Crippen molar-refractivity contribution in [3.05, 3.63) is 23.2 Å². The van der Waals surface area contributed by atoms with Crippen LogP contribution in [0.15, 0.2) is 28.1 Å². The van der Waals surface area contributed by atoms with Crippen molar-refractivity contribution in [1.82, 2.24) is 15.0 Å². The summed E-state index contributed by atoms with van der Waals surface area (Å²) in [5.74, 6) is -0.000979. The van der Waals surface area contributed by atoms with Crippen LogP contribution in [0.5, 0.6) is 0 Å². The van der Waals surface area contributed by atoms with Gasteiger partial charge < -0.3 is 4.90 Å². The van der Waals surface area contributed by atoms with Gasteiger partial charge in [-0.3, -0.25) is 9.59 Å². The SMILES string of the molecule is CCC(=O)/C=C1/Sc2c(ccc3c2nnn3C(=O)CC)N1C. The van der Waals surface area contributed by atoms with Gasteiger partial charge in [0.05, 0.1) is 21.1 Å². The average molecular weight is 316 g/mol. The van der Waals surface area contributed by atoms with Crippen molar-refractivity contribution in [3.8, 4) is 0 Å². The van der Waals surface area contributed by atoms with E-state index >= 15 is 0 Å². The topological polar surface area (TPSA) is 68.1 Å². The van der Waals surface area contributed by atoms with Gasteiger partial charge in [-0.05, 0) is 12.1 Å². The molecule has 1 aromatic heterocycles. The highest BCUT2D eigenvalue weighted by atomic mass is 32.2. The molecule has 0 fully saturated rings. The van der Waals surface area contributed by atoms with E-state index in [0.29, 0.717) is 23.9 Å². The first-order chi connectivity index (χ1) is 10.6. The van der Waals surface area contributed by atoms with E-state index in [2.05, 4.69) is 10.3 Å².